The van der Waals surface area contributed by atoms with Crippen LogP contribution in [0.5, 0.6) is 5.75 Å². The van der Waals surface area contributed by atoms with E-state index in [1.54, 1.807) is 19.2 Å². The molecule has 0 atom stereocenters. The first-order valence-electron chi connectivity index (χ1n) is 4.83. The number of esters is 1. The quantitative estimate of drug-likeness (QED) is 0.569. The van der Waals surface area contributed by atoms with Crippen molar-refractivity contribution < 1.29 is 19.1 Å². The number of hydrogen-bond donors (Lipinski definition) is 0. The van der Waals surface area contributed by atoms with Gasteiger partial charge >= 0.3 is 5.97 Å². The molecule has 86 valence electrons. The Kier molecular flexibility index (Phi) is 4.05. The van der Waals surface area contributed by atoms with Crippen LogP contribution in [0.2, 0.25) is 0 Å². The minimum Gasteiger partial charge on any atom is -0.496 e. The summed E-state index contributed by atoms with van der Waals surface area (Å²) in [6, 6.07) is 5.35. The lowest BCUT2D eigenvalue weighted by Gasteiger charge is -2.06. The van der Waals surface area contributed by atoms with E-state index < -0.39 is 11.8 Å². The van der Waals surface area contributed by atoms with E-state index in [9.17, 15) is 9.59 Å². The molecule has 4 nitrogen and oxygen atoms in total. The summed E-state index contributed by atoms with van der Waals surface area (Å²) < 4.78 is 9.44. The molecule has 0 unspecified atom stereocenters. The van der Waals surface area contributed by atoms with Crippen molar-refractivity contribution in [3.8, 4) is 5.75 Å². The van der Waals surface area contributed by atoms with Crippen LogP contribution >= 0.6 is 0 Å². The summed E-state index contributed by atoms with van der Waals surface area (Å²) in [5.74, 6) is -0.602. The van der Waals surface area contributed by atoms with E-state index in [-0.39, 0.29) is 6.42 Å². The molecular formula is C12H14O4. The molecule has 0 saturated heterocycles. The van der Waals surface area contributed by atoms with Crippen molar-refractivity contribution in [1.82, 2.24) is 0 Å². The second kappa shape index (κ2) is 5.30. The standard InChI is InChI=1S/C12H14O4/c1-8-6-9(4-5-11(8)15-2)7-10(13)12(14)16-3/h4-6H,7H2,1-3H3. The zero-order valence-corrected chi connectivity index (χ0v) is 9.57. The lowest BCUT2D eigenvalue weighted by molar-refractivity contribution is -0.151. The molecule has 1 rings (SSSR count). The summed E-state index contributed by atoms with van der Waals surface area (Å²) in [5, 5.41) is 0. The van der Waals surface area contributed by atoms with E-state index in [4.69, 9.17) is 4.74 Å². The topological polar surface area (TPSA) is 52.6 Å². The number of ether oxygens (including phenoxy) is 2. The monoisotopic (exact) mass is 222 g/mol. The first kappa shape index (κ1) is 12.2. The number of aryl methyl sites for hydroxylation is 1. The molecular weight excluding hydrogens is 208 g/mol. The number of benzene rings is 1. The maximum Gasteiger partial charge on any atom is 0.374 e. The van der Waals surface area contributed by atoms with Crippen molar-refractivity contribution in [3.05, 3.63) is 29.3 Å². The molecule has 0 bridgehead atoms. The van der Waals surface area contributed by atoms with Crippen molar-refractivity contribution in [2.24, 2.45) is 0 Å². The van der Waals surface area contributed by atoms with Gasteiger partial charge in [-0.3, -0.25) is 4.79 Å². The molecule has 0 aliphatic heterocycles. The molecule has 0 aliphatic carbocycles. The number of hydrogen-bond acceptors (Lipinski definition) is 4. The molecule has 1 aromatic rings. The molecule has 0 aliphatic rings. The number of carbonyl (C=O) groups is 2. The highest BCUT2D eigenvalue weighted by Gasteiger charge is 2.14. The largest absolute Gasteiger partial charge is 0.496 e. The third kappa shape index (κ3) is 2.82. The van der Waals surface area contributed by atoms with E-state index in [0.717, 1.165) is 16.9 Å². The molecule has 0 fully saturated rings. The van der Waals surface area contributed by atoms with Gasteiger partial charge < -0.3 is 9.47 Å². The van der Waals surface area contributed by atoms with Gasteiger partial charge in [0.15, 0.2) is 0 Å². The number of rotatable bonds is 4. The Morgan fingerprint density at radius 3 is 2.44 bits per heavy atom. The van der Waals surface area contributed by atoms with Gasteiger partial charge in [-0.25, -0.2) is 4.79 Å². The average molecular weight is 222 g/mol. The zero-order valence-electron chi connectivity index (χ0n) is 9.57. The Morgan fingerprint density at radius 1 is 1.25 bits per heavy atom. The molecule has 0 amide bonds. The van der Waals surface area contributed by atoms with Crippen LogP contribution in [0.1, 0.15) is 11.1 Å². The van der Waals surface area contributed by atoms with Gasteiger partial charge in [0.05, 0.1) is 14.2 Å². The predicted molar refractivity (Wildman–Crippen MR) is 58.5 cm³/mol. The zero-order chi connectivity index (χ0) is 12.1. The first-order chi connectivity index (χ1) is 7.58. The highest BCUT2D eigenvalue weighted by Crippen LogP contribution is 2.18. The summed E-state index contributed by atoms with van der Waals surface area (Å²) in [4.78, 5) is 22.2. The van der Waals surface area contributed by atoms with Crippen LogP contribution in [0.25, 0.3) is 0 Å². The van der Waals surface area contributed by atoms with E-state index >= 15 is 0 Å². The fourth-order valence-electron chi connectivity index (χ4n) is 1.42. The van der Waals surface area contributed by atoms with Crippen LogP contribution in [0, 0.1) is 6.92 Å². The van der Waals surface area contributed by atoms with Crippen molar-refractivity contribution in [3.63, 3.8) is 0 Å². The van der Waals surface area contributed by atoms with Gasteiger partial charge in [0.1, 0.15) is 5.75 Å². The molecule has 0 spiro atoms. The molecule has 0 heterocycles. The minimum absolute atomic E-state index is 0.0531. The minimum atomic E-state index is -0.812. The number of carbonyl (C=O) groups excluding carboxylic acids is 2. The second-order valence-corrected chi connectivity index (χ2v) is 3.40. The van der Waals surface area contributed by atoms with E-state index in [0.29, 0.717) is 0 Å². The van der Waals surface area contributed by atoms with Crippen LogP contribution in [0.4, 0.5) is 0 Å². The van der Waals surface area contributed by atoms with Gasteiger partial charge in [-0.2, -0.15) is 0 Å². The number of Topliss-reactive ketones (excluding diaryl/α,β-unsaturated/α-hetero) is 1. The maximum atomic E-state index is 11.3. The highest BCUT2D eigenvalue weighted by molar-refractivity contribution is 6.34. The smallest absolute Gasteiger partial charge is 0.374 e. The van der Waals surface area contributed by atoms with Gasteiger partial charge in [0, 0.05) is 6.42 Å². The van der Waals surface area contributed by atoms with E-state index in [2.05, 4.69) is 4.74 Å². The Morgan fingerprint density at radius 2 is 1.94 bits per heavy atom. The molecule has 0 saturated carbocycles. The summed E-state index contributed by atoms with van der Waals surface area (Å²) in [5.41, 5.74) is 1.70. The van der Waals surface area contributed by atoms with Crippen LogP contribution in [-0.4, -0.2) is 26.0 Å². The fourth-order valence-corrected chi connectivity index (χ4v) is 1.42. The van der Waals surface area contributed by atoms with E-state index in [1.807, 2.05) is 13.0 Å². The Bertz CT molecular complexity index is 409. The second-order valence-electron chi connectivity index (χ2n) is 3.40. The molecule has 1 aromatic carbocycles. The third-order valence-electron chi connectivity index (χ3n) is 2.24. The maximum absolute atomic E-state index is 11.3. The van der Waals surface area contributed by atoms with Gasteiger partial charge in [0.25, 0.3) is 0 Å². The highest BCUT2D eigenvalue weighted by atomic mass is 16.5. The summed E-state index contributed by atoms with van der Waals surface area (Å²) in [6.07, 6.45) is 0.0531. The first-order valence-corrected chi connectivity index (χ1v) is 4.83. The lowest BCUT2D eigenvalue weighted by Crippen LogP contribution is -2.17. The van der Waals surface area contributed by atoms with Crippen LogP contribution in [0.3, 0.4) is 0 Å². The number of ketones is 1. The molecule has 4 heteroatoms. The summed E-state index contributed by atoms with van der Waals surface area (Å²) in [7, 11) is 2.78. The third-order valence-corrected chi connectivity index (χ3v) is 2.24. The Balaban J connectivity index is 2.79. The molecule has 0 radical (unpaired) electrons. The summed E-state index contributed by atoms with van der Waals surface area (Å²) in [6.45, 7) is 1.88. The van der Waals surface area contributed by atoms with Crippen molar-refractivity contribution in [2.75, 3.05) is 14.2 Å². The fraction of sp³-hybridized carbons (Fsp3) is 0.333. The summed E-state index contributed by atoms with van der Waals surface area (Å²) >= 11 is 0. The van der Waals surface area contributed by atoms with Crippen LogP contribution < -0.4 is 4.74 Å². The predicted octanol–water partition coefficient (Wildman–Crippen LogP) is 1.29. The normalized spacial score (nSPS) is 9.69. The van der Waals surface area contributed by atoms with Gasteiger partial charge in [-0.15, -0.1) is 0 Å². The Hall–Kier alpha value is -1.84. The number of methoxy groups -OCH3 is 2. The average Bonchev–Trinajstić information content (AvgIpc) is 2.28. The van der Waals surface area contributed by atoms with Crippen LogP contribution in [-0.2, 0) is 20.7 Å². The van der Waals surface area contributed by atoms with Gasteiger partial charge in [0.2, 0.25) is 5.78 Å². The van der Waals surface area contributed by atoms with E-state index in [1.165, 1.54) is 7.11 Å². The molecule has 16 heavy (non-hydrogen) atoms. The van der Waals surface area contributed by atoms with Crippen molar-refractivity contribution >= 4 is 11.8 Å². The van der Waals surface area contributed by atoms with Crippen molar-refractivity contribution in [1.29, 1.82) is 0 Å². The van der Waals surface area contributed by atoms with Gasteiger partial charge in [-0.05, 0) is 24.1 Å². The Labute approximate surface area is 94.2 Å². The van der Waals surface area contributed by atoms with Crippen molar-refractivity contribution in [2.45, 2.75) is 13.3 Å². The van der Waals surface area contributed by atoms with Crippen LogP contribution in [0.15, 0.2) is 18.2 Å². The lowest BCUT2D eigenvalue weighted by atomic mass is 10.1. The molecule has 0 aromatic heterocycles. The molecule has 0 N–H and O–H groups in total. The SMILES string of the molecule is COC(=O)C(=O)Cc1ccc(OC)c(C)c1. The van der Waals surface area contributed by atoms with Gasteiger partial charge in [-0.1, -0.05) is 12.1 Å².